The van der Waals surface area contributed by atoms with Crippen molar-refractivity contribution in [2.24, 2.45) is 11.8 Å². The van der Waals surface area contributed by atoms with Crippen molar-refractivity contribution in [3.8, 4) is 0 Å². The van der Waals surface area contributed by atoms with Crippen molar-refractivity contribution in [1.29, 1.82) is 0 Å². The van der Waals surface area contributed by atoms with Gasteiger partial charge in [0, 0.05) is 18.8 Å². The van der Waals surface area contributed by atoms with E-state index in [9.17, 15) is 8.42 Å². The lowest BCUT2D eigenvalue weighted by molar-refractivity contribution is 0.445. The Bertz CT molecular complexity index is 541. The minimum absolute atomic E-state index is 0.0900. The lowest BCUT2D eigenvalue weighted by Gasteiger charge is -2.17. The van der Waals surface area contributed by atoms with E-state index >= 15 is 0 Å². The molecular formula is C14H20N2O2S. The number of fused-ring (bicyclic) bond motifs is 1. The summed E-state index contributed by atoms with van der Waals surface area (Å²) in [7, 11) is -3.18. The number of sulfonamides is 1. The van der Waals surface area contributed by atoms with Crippen LogP contribution in [0.2, 0.25) is 0 Å². The van der Waals surface area contributed by atoms with Crippen LogP contribution in [-0.2, 0) is 15.8 Å². The van der Waals surface area contributed by atoms with E-state index < -0.39 is 10.0 Å². The van der Waals surface area contributed by atoms with Crippen LogP contribution in [0.15, 0.2) is 24.3 Å². The highest BCUT2D eigenvalue weighted by molar-refractivity contribution is 7.88. The maximum atomic E-state index is 12.4. The molecule has 4 nitrogen and oxygen atoms in total. The van der Waals surface area contributed by atoms with Gasteiger partial charge in [-0.15, -0.1) is 0 Å². The highest BCUT2D eigenvalue weighted by Gasteiger charge is 2.40. The van der Waals surface area contributed by atoms with Crippen LogP contribution in [0.25, 0.3) is 0 Å². The highest BCUT2D eigenvalue weighted by atomic mass is 32.2. The Hall–Kier alpha value is -1.07. The quantitative estimate of drug-likeness (QED) is 0.859. The van der Waals surface area contributed by atoms with Gasteiger partial charge in [-0.2, -0.15) is 0 Å². The first kappa shape index (κ1) is 12.9. The Morgan fingerprint density at radius 2 is 1.68 bits per heavy atom. The molecule has 0 radical (unpaired) electrons. The van der Waals surface area contributed by atoms with Gasteiger partial charge >= 0.3 is 0 Å². The van der Waals surface area contributed by atoms with E-state index in [0.717, 1.165) is 18.7 Å². The van der Waals surface area contributed by atoms with Gasteiger partial charge in [0.25, 0.3) is 0 Å². The number of hydrogen-bond donors (Lipinski definition) is 1. The van der Waals surface area contributed by atoms with E-state index in [1.807, 2.05) is 0 Å². The second kappa shape index (κ2) is 4.80. The number of nitrogens with zero attached hydrogens (tertiary/aromatic N) is 1. The molecule has 1 heterocycles. The molecule has 1 aliphatic heterocycles. The summed E-state index contributed by atoms with van der Waals surface area (Å²) in [6, 6.07) is 7.10. The molecular weight excluding hydrogens is 260 g/mol. The molecule has 2 atom stereocenters. The standard InChI is InChI=1S/C14H20N2O2S/c15-14-6-4-11(5-7-14)10-19(17,18)16-8-12-2-1-3-13(12)9-16/h4-7,12-13H,1-3,8-10,15H2. The molecule has 0 bridgehead atoms. The van der Waals surface area contributed by atoms with Crippen molar-refractivity contribution in [2.45, 2.75) is 25.0 Å². The van der Waals surface area contributed by atoms with Crippen molar-refractivity contribution in [3.63, 3.8) is 0 Å². The maximum Gasteiger partial charge on any atom is 0.218 e. The fourth-order valence-corrected chi connectivity index (χ4v) is 4.97. The summed E-state index contributed by atoms with van der Waals surface area (Å²) in [5.41, 5.74) is 7.09. The number of hydrogen-bond acceptors (Lipinski definition) is 3. The topological polar surface area (TPSA) is 63.4 Å². The first-order chi connectivity index (χ1) is 9.04. The van der Waals surface area contributed by atoms with Gasteiger partial charge in [0.15, 0.2) is 0 Å². The Kier molecular flexibility index (Phi) is 3.27. The van der Waals surface area contributed by atoms with Crippen LogP contribution < -0.4 is 5.73 Å². The van der Waals surface area contributed by atoms with Crippen LogP contribution in [-0.4, -0.2) is 25.8 Å². The van der Waals surface area contributed by atoms with Crippen LogP contribution in [0.1, 0.15) is 24.8 Å². The third kappa shape index (κ3) is 2.62. The van der Waals surface area contributed by atoms with E-state index in [0.29, 0.717) is 17.5 Å². The molecule has 2 N–H and O–H groups in total. The summed E-state index contributed by atoms with van der Waals surface area (Å²) in [4.78, 5) is 0. The van der Waals surface area contributed by atoms with Crippen LogP contribution in [0.4, 0.5) is 5.69 Å². The third-order valence-electron chi connectivity index (χ3n) is 4.41. The molecule has 2 aliphatic rings. The van der Waals surface area contributed by atoms with Crippen molar-refractivity contribution in [1.82, 2.24) is 4.31 Å². The van der Waals surface area contributed by atoms with Gasteiger partial charge in [0.2, 0.25) is 10.0 Å². The summed E-state index contributed by atoms with van der Waals surface area (Å²) in [6.07, 6.45) is 3.65. The lowest BCUT2D eigenvalue weighted by atomic mass is 10.0. The molecule has 1 aromatic carbocycles. The second-order valence-electron chi connectivity index (χ2n) is 5.77. The van der Waals surface area contributed by atoms with Gasteiger partial charge in [-0.1, -0.05) is 18.6 Å². The largest absolute Gasteiger partial charge is 0.399 e. The van der Waals surface area contributed by atoms with Gasteiger partial charge in [-0.25, -0.2) is 12.7 Å². The average molecular weight is 280 g/mol. The van der Waals surface area contributed by atoms with E-state index in [1.54, 1.807) is 28.6 Å². The third-order valence-corrected chi connectivity index (χ3v) is 6.20. The van der Waals surface area contributed by atoms with Crippen molar-refractivity contribution in [3.05, 3.63) is 29.8 Å². The molecule has 1 saturated heterocycles. The monoisotopic (exact) mass is 280 g/mol. The zero-order chi connectivity index (χ0) is 13.5. The van der Waals surface area contributed by atoms with Crippen LogP contribution in [0.3, 0.4) is 0 Å². The molecule has 0 spiro atoms. The predicted octanol–water partition coefficient (Wildman–Crippen LogP) is 1.83. The average Bonchev–Trinajstić information content (AvgIpc) is 2.92. The molecule has 5 heteroatoms. The van der Waals surface area contributed by atoms with Crippen molar-refractivity contribution >= 4 is 15.7 Å². The van der Waals surface area contributed by atoms with Gasteiger partial charge in [-0.3, -0.25) is 0 Å². The van der Waals surface area contributed by atoms with Crippen molar-refractivity contribution in [2.75, 3.05) is 18.8 Å². The van der Waals surface area contributed by atoms with E-state index in [1.165, 1.54) is 19.3 Å². The highest BCUT2D eigenvalue weighted by Crippen LogP contribution is 2.39. The number of rotatable bonds is 3. The summed E-state index contributed by atoms with van der Waals surface area (Å²) < 4.78 is 26.5. The Labute approximate surface area is 114 Å². The molecule has 104 valence electrons. The predicted molar refractivity (Wildman–Crippen MR) is 75.9 cm³/mol. The fourth-order valence-electron chi connectivity index (χ4n) is 3.33. The van der Waals surface area contributed by atoms with Gasteiger partial charge in [0.05, 0.1) is 5.75 Å². The molecule has 19 heavy (non-hydrogen) atoms. The zero-order valence-electron chi connectivity index (χ0n) is 11.0. The zero-order valence-corrected chi connectivity index (χ0v) is 11.8. The molecule has 1 aromatic rings. The van der Waals surface area contributed by atoms with E-state index in [2.05, 4.69) is 0 Å². The minimum atomic E-state index is -3.18. The molecule has 3 rings (SSSR count). The van der Waals surface area contributed by atoms with E-state index in [4.69, 9.17) is 5.73 Å². The van der Waals surface area contributed by atoms with Crippen molar-refractivity contribution < 1.29 is 8.42 Å². The Morgan fingerprint density at radius 1 is 1.11 bits per heavy atom. The molecule has 0 aromatic heterocycles. The Balaban J connectivity index is 1.71. The number of benzene rings is 1. The normalized spacial score (nSPS) is 27.6. The molecule has 1 saturated carbocycles. The van der Waals surface area contributed by atoms with Gasteiger partial charge < -0.3 is 5.73 Å². The first-order valence-corrected chi connectivity index (χ1v) is 8.48. The van der Waals surface area contributed by atoms with Crippen LogP contribution >= 0.6 is 0 Å². The maximum absolute atomic E-state index is 12.4. The summed E-state index contributed by atoms with van der Waals surface area (Å²) in [6.45, 7) is 1.45. The first-order valence-electron chi connectivity index (χ1n) is 6.87. The fraction of sp³-hybridized carbons (Fsp3) is 0.571. The lowest BCUT2D eigenvalue weighted by Crippen LogP contribution is -2.30. The van der Waals surface area contributed by atoms with Gasteiger partial charge in [-0.05, 0) is 42.4 Å². The molecule has 2 fully saturated rings. The second-order valence-corrected chi connectivity index (χ2v) is 7.73. The smallest absolute Gasteiger partial charge is 0.218 e. The van der Waals surface area contributed by atoms with Crippen LogP contribution in [0, 0.1) is 11.8 Å². The summed E-state index contributed by atoms with van der Waals surface area (Å²) >= 11 is 0. The molecule has 0 amide bonds. The number of nitrogens with two attached hydrogens (primary N) is 1. The summed E-state index contributed by atoms with van der Waals surface area (Å²) in [5, 5.41) is 0. The molecule has 2 unspecified atom stereocenters. The van der Waals surface area contributed by atoms with Crippen LogP contribution in [0.5, 0.6) is 0 Å². The van der Waals surface area contributed by atoms with E-state index in [-0.39, 0.29) is 5.75 Å². The SMILES string of the molecule is Nc1ccc(CS(=O)(=O)N2CC3CCCC3C2)cc1. The summed E-state index contributed by atoms with van der Waals surface area (Å²) in [5.74, 6) is 1.29. The Morgan fingerprint density at radius 3 is 2.26 bits per heavy atom. The number of anilines is 1. The minimum Gasteiger partial charge on any atom is -0.399 e. The molecule has 1 aliphatic carbocycles. The number of nitrogen functional groups attached to an aromatic ring is 1. The van der Waals surface area contributed by atoms with Gasteiger partial charge in [0.1, 0.15) is 0 Å².